The normalized spacial score (nSPS) is 12.2. The maximum absolute atomic E-state index is 11.4. The van der Waals surface area contributed by atoms with Crippen molar-refractivity contribution in [3.8, 4) is 0 Å². The number of aromatic nitrogens is 2. The van der Waals surface area contributed by atoms with E-state index in [2.05, 4.69) is 17.3 Å². The van der Waals surface area contributed by atoms with E-state index in [9.17, 15) is 4.79 Å². The number of nitrogens with one attached hydrogen (secondary N) is 1. The summed E-state index contributed by atoms with van der Waals surface area (Å²) >= 11 is 0. The van der Waals surface area contributed by atoms with Gasteiger partial charge in [0, 0.05) is 19.3 Å². The molecular weight excluding hydrogens is 220 g/mol. The SMILES string of the molecule is CCCn1nccc1C(CN)NC(=O)OCC. The molecule has 0 aliphatic rings. The van der Waals surface area contributed by atoms with Crippen LogP contribution in [0.5, 0.6) is 0 Å². The number of carbonyl (C=O) groups excluding carboxylic acids is 1. The fourth-order valence-electron chi connectivity index (χ4n) is 1.61. The van der Waals surface area contributed by atoms with Gasteiger partial charge in [0.15, 0.2) is 0 Å². The molecule has 1 aromatic rings. The van der Waals surface area contributed by atoms with E-state index in [1.807, 2.05) is 10.7 Å². The Kier molecular flexibility index (Phi) is 5.48. The van der Waals surface area contributed by atoms with E-state index < -0.39 is 6.09 Å². The Morgan fingerprint density at radius 3 is 3.00 bits per heavy atom. The molecule has 3 N–H and O–H groups in total. The zero-order valence-electron chi connectivity index (χ0n) is 10.3. The number of ether oxygens (including phenoxy) is 1. The molecule has 0 radical (unpaired) electrons. The topological polar surface area (TPSA) is 82.2 Å². The Hall–Kier alpha value is -1.56. The Labute approximate surface area is 101 Å². The molecule has 96 valence electrons. The van der Waals surface area contributed by atoms with Gasteiger partial charge >= 0.3 is 6.09 Å². The molecule has 1 rings (SSSR count). The molecule has 1 unspecified atom stereocenters. The molecular formula is C11H20N4O2. The molecule has 0 bridgehead atoms. The van der Waals surface area contributed by atoms with Crippen molar-refractivity contribution in [2.45, 2.75) is 32.9 Å². The summed E-state index contributed by atoms with van der Waals surface area (Å²) in [6.07, 6.45) is 2.23. The van der Waals surface area contributed by atoms with E-state index in [0.29, 0.717) is 13.2 Å². The van der Waals surface area contributed by atoms with Gasteiger partial charge < -0.3 is 15.8 Å². The highest BCUT2D eigenvalue weighted by molar-refractivity contribution is 5.67. The number of alkyl carbamates (subject to hydrolysis) is 1. The average Bonchev–Trinajstić information content (AvgIpc) is 2.75. The summed E-state index contributed by atoms with van der Waals surface area (Å²) in [4.78, 5) is 11.4. The molecule has 0 spiro atoms. The van der Waals surface area contributed by atoms with Crippen molar-refractivity contribution in [3.05, 3.63) is 18.0 Å². The van der Waals surface area contributed by atoms with Crippen LogP contribution in [0.15, 0.2) is 12.3 Å². The highest BCUT2D eigenvalue weighted by atomic mass is 16.5. The summed E-state index contributed by atoms with van der Waals surface area (Å²) in [5, 5.41) is 6.92. The van der Waals surface area contributed by atoms with E-state index in [-0.39, 0.29) is 6.04 Å². The van der Waals surface area contributed by atoms with Gasteiger partial charge in [-0.15, -0.1) is 0 Å². The van der Waals surface area contributed by atoms with Gasteiger partial charge in [-0.25, -0.2) is 4.79 Å². The minimum absolute atomic E-state index is 0.261. The van der Waals surface area contributed by atoms with Crippen LogP contribution in [0.2, 0.25) is 0 Å². The first kappa shape index (κ1) is 13.5. The largest absolute Gasteiger partial charge is 0.450 e. The molecule has 0 aromatic carbocycles. The molecule has 0 fully saturated rings. The predicted octanol–water partition coefficient (Wildman–Crippen LogP) is 1.04. The third-order valence-corrected chi connectivity index (χ3v) is 2.35. The van der Waals surface area contributed by atoms with Crippen molar-refractivity contribution in [1.82, 2.24) is 15.1 Å². The first-order valence-corrected chi connectivity index (χ1v) is 5.88. The van der Waals surface area contributed by atoms with Crippen molar-refractivity contribution in [3.63, 3.8) is 0 Å². The monoisotopic (exact) mass is 240 g/mol. The van der Waals surface area contributed by atoms with Gasteiger partial charge in [-0.1, -0.05) is 6.92 Å². The van der Waals surface area contributed by atoms with Crippen molar-refractivity contribution >= 4 is 6.09 Å². The van der Waals surface area contributed by atoms with Crippen LogP contribution < -0.4 is 11.1 Å². The quantitative estimate of drug-likeness (QED) is 0.778. The number of nitrogens with two attached hydrogens (primary N) is 1. The Morgan fingerprint density at radius 2 is 2.41 bits per heavy atom. The minimum Gasteiger partial charge on any atom is -0.450 e. The second kappa shape index (κ2) is 6.90. The number of hydrogen-bond donors (Lipinski definition) is 2. The standard InChI is InChI=1S/C11H20N4O2/c1-3-7-15-10(5-6-13-15)9(8-12)14-11(16)17-4-2/h5-6,9H,3-4,7-8,12H2,1-2H3,(H,14,16). The highest BCUT2D eigenvalue weighted by Gasteiger charge is 2.17. The van der Waals surface area contributed by atoms with Crippen molar-refractivity contribution in [2.75, 3.05) is 13.2 Å². The first-order chi connectivity index (χ1) is 8.22. The first-order valence-electron chi connectivity index (χ1n) is 5.88. The Morgan fingerprint density at radius 1 is 1.65 bits per heavy atom. The number of aryl methyl sites for hydroxylation is 1. The lowest BCUT2D eigenvalue weighted by atomic mass is 10.2. The van der Waals surface area contributed by atoms with E-state index in [1.165, 1.54) is 0 Å². The molecule has 0 aliphatic heterocycles. The molecule has 0 aliphatic carbocycles. The second-order valence-electron chi connectivity index (χ2n) is 3.63. The Balaban J connectivity index is 2.71. The fraction of sp³-hybridized carbons (Fsp3) is 0.636. The summed E-state index contributed by atoms with van der Waals surface area (Å²) in [6, 6.07) is 1.60. The van der Waals surface area contributed by atoms with Gasteiger partial charge in [-0.2, -0.15) is 5.10 Å². The summed E-state index contributed by atoms with van der Waals surface area (Å²) in [5.74, 6) is 0. The zero-order chi connectivity index (χ0) is 12.7. The van der Waals surface area contributed by atoms with Gasteiger partial charge in [0.2, 0.25) is 0 Å². The molecule has 1 heterocycles. The van der Waals surface area contributed by atoms with Crippen LogP contribution >= 0.6 is 0 Å². The number of rotatable bonds is 6. The number of amides is 1. The Bertz CT molecular complexity index is 351. The number of carbonyl (C=O) groups is 1. The molecule has 6 heteroatoms. The number of hydrogen-bond acceptors (Lipinski definition) is 4. The predicted molar refractivity (Wildman–Crippen MR) is 64.5 cm³/mol. The highest BCUT2D eigenvalue weighted by Crippen LogP contribution is 2.11. The van der Waals surface area contributed by atoms with Gasteiger partial charge in [0.25, 0.3) is 0 Å². The maximum Gasteiger partial charge on any atom is 0.407 e. The molecule has 1 aromatic heterocycles. The summed E-state index contributed by atoms with van der Waals surface area (Å²) in [6.45, 7) is 5.30. The van der Waals surface area contributed by atoms with Crippen LogP contribution in [0.1, 0.15) is 32.0 Å². The van der Waals surface area contributed by atoms with Crippen LogP contribution in [0, 0.1) is 0 Å². The molecule has 6 nitrogen and oxygen atoms in total. The van der Waals surface area contributed by atoms with Gasteiger partial charge in [-0.05, 0) is 19.4 Å². The van der Waals surface area contributed by atoms with Gasteiger partial charge in [-0.3, -0.25) is 4.68 Å². The molecule has 17 heavy (non-hydrogen) atoms. The van der Waals surface area contributed by atoms with E-state index >= 15 is 0 Å². The minimum atomic E-state index is -0.452. The second-order valence-corrected chi connectivity index (χ2v) is 3.63. The molecule has 0 saturated carbocycles. The average molecular weight is 240 g/mol. The van der Waals surface area contributed by atoms with Gasteiger partial charge in [0.05, 0.1) is 18.3 Å². The molecule has 0 saturated heterocycles. The van der Waals surface area contributed by atoms with Crippen LogP contribution in [0.4, 0.5) is 4.79 Å². The third-order valence-electron chi connectivity index (χ3n) is 2.35. The van der Waals surface area contributed by atoms with E-state index in [0.717, 1.165) is 18.7 Å². The maximum atomic E-state index is 11.4. The third kappa shape index (κ3) is 3.74. The van der Waals surface area contributed by atoms with Crippen LogP contribution in [-0.2, 0) is 11.3 Å². The summed E-state index contributed by atoms with van der Waals surface area (Å²) in [7, 11) is 0. The van der Waals surface area contributed by atoms with E-state index in [1.54, 1.807) is 13.1 Å². The number of nitrogens with zero attached hydrogens (tertiary/aromatic N) is 2. The fourth-order valence-corrected chi connectivity index (χ4v) is 1.61. The van der Waals surface area contributed by atoms with Crippen LogP contribution in [-0.4, -0.2) is 29.0 Å². The van der Waals surface area contributed by atoms with Crippen LogP contribution in [0.25, 0.3) is 0 Å². The van der Waals surface area contributed by atoms with Gasteiger partial charge in [0.1, 0.15) is 0 Å². The smallest absolute Gasteiger partial charge is 0.407 e. The molecule has 1 atom stereocenters. The molecule has 1 amide bonds. The van der Waals surface area contributed by atoms with Crippen molar-refractivity contribution in [2.24, 2.45) is 5.73 Å². The van der Waals surface area contributed by atoms with Crippen molar-refractivity contribution in [1.29, 1.82) is 0 Å². The lowest BCUT2D eigenvalue weighted by Gasteiger charge is -2.17. The zero-order valence-corrected chi connectivity index (χ0v) is 10.3. The summed E-state index contributed by atoms with van der Waals surface area (Å²) in [5.41, 5.74) is 6.57. The summed E-state index contributed by atoms with van der Waals surface area (Å²) < 4.78 is 6.69. The lowest BCUT2D eigenvalue weighted by Crippen LogP contribution is -2.35. The van der Waals surface area contributed by atoms with E-state index in [4.69, 9.17) is 10.5 Å². The van der Waals surface area contributed by atoms with Crippen molar-refractivity contribution < 1.29 is 9.53 Å². The lowest BCUT2D eigenvalue weighted by molar-refractivity contribution is 0.148. The van der Waals surface area contributed by atoms with Crippen LogP contribution in [0.3, 0.4) is 0 Å².